The Labute approximate surface area is 99.6 Å². The van der Waals surface area contributed by atoms with Crippen LogP contribution >= 0.6 is 0 Å². The topological polar surface area (TPSA) is 12.0 Å². The highest BCUT2D eigenvalue weighted by Crippen LogP contribution is 2.18. The summed E-state index contributed by atoms with van der Waals surface area (Å²) in [5.41, 5.74) is 2.77. The molecule has 0 aliphatic heterocycles. The molecule has 0 bridgehead atoms. The van der Waals surface area contributed by atoms with Gasteiger partial charge in [-0.15, -0.1) is 6.58 Å². The summed E-state index contributed by atoms with van der Waals surface area (Å²) in [4.78, 5) is 0. The van der Waals surface area contributed by atoms with Crippen LogP contribution in [0.4, 0.5) is 0 Å². The SMILES string of the molecule is C=CC(C)NC(CC)c1ccc(CC)cc1. The predicted molar refractivity (Wildman–Crippen MR) is 71.6 cm³/mol. The molecular formula is C15H23N. The van der Waals surface area contributed by atoms with Crippen LogP contribution in [0.2, 0.25) is 0 Å². The molecule has 0 aliphatic carbocycles. The van der Waals surface area contributed by atoms with Crippen molar-refractivity contribution in [3.63, 3.8) is 0 Å². The van der Waals surface area contributed by atoms with Crippen LogP contribution < -0.4 is 5.32 Å². The second-order valence-corrected chi connectivity index (χ2v) is 4.25. The molecule has 0 saturated heterocycles. The van der Waals surface area contributed by atoms with Crippen molar-refractivity contribution in [3.05, 3.63) is 48.0 Å². The van der Waals surface area contributed by atoms with Gasteiger partial charge >= 0.3 is 0 Å². The molecule has 1 aromatic carbocycles. The van der Waals surface area contributed by atoms with Gasteiger partial charge in [0.25, 0.3) is 0 Å². The normalized spacial score (nSPS) is 14.4. The third kappa shape index (κ3) is 3.49. The van der Waals surface area contributed by atoms with Crippen molar-refractivity contribution in [2.24, 2.45) is 0 Å². The van der Waals surface area contributed by atoms with Gasteiger partial charge in [-0.2, -0.15) is 0 Å². The highest BCUT2D eigenvalue weighted by atomic mass is 14.9. The van der Waals surface area contributed by atoms with E-state index in [1.165, 1.54) is 11.1 Å². The molecule has 1 rings (SSSR count). The zero-order valence-electron chi connectivity index (χ0n) is 10.7. The summed E-state index contributed by atoms with van der Waals surface area (Å²) in [6.07, 6.45) is 4.15. The van der Waals surface area contributed by atoms with Crippen LogP contribution in [0.5, 0.6) is 0 Å². The number of nitrogens with one attached hydrogen (secondary N) is 1. The van der Waals surface area contributed by atoms with Crippen molar-refractivity contribution >= 4 is 0 Å². The summed E-state index contributed by atoms with van der Waals surface area (Å²) in [6, 6.07) is 9.69. The minimum Gasteiger partial charge on any atom is -0.304 e. The summed E-state index contributed by atoms with van der Waals surface area (Å²) in [5.74, 6) is 0. The van der Waals surface area contributed by atoms with Crippen molar-refractivity contribution in [1.29, 1.82) is 0 Å². The Bertz CT molecular complexity index is 313. The minimum absolute atomic E-state index is 0.357. The minimum atomic E-state index is 0.357. The van der Waals surface area contributed by atoms with Gasteiger partial charge in [-0.05, 0) is 30.9 Å². The molecule has 0 aromatic heterocycles. The van der Waals surface area contributed by atoms with Crippen LogP contribution in [0, 0.1) is 0 Å². The summed E-state index contributed by atoms with van der Waals surface area (Å²) >= 11 is 0. The Balaban J connectivity index is 2.74. The van der Waals surface area contributed by atoms with Crippen molar-refractivity contribution in [3.8, 4) is 0 Å². The molecule has 0 aliphatic rings. The molecule has 0 radical (unpaired) electrons. The van der Waals surface area contributed by atoms with Crippen LogP contribution in [-0.2, 0) is 6.42 Å². The van der Waals surface area contributed by atoms with E-state index in [0.717, 1.165) is 12.8 Å². The van der Waals surface area contributed by atoms with Crippen molar-refractivity contribution in [1.82, 2.24) is 5.32 Å². The molecule has 2 atom stereocenters. The molecule has 88 valence electrons. The van der Waals surface area contributed by atoms with E-state index in [4.69, 9.17) is 0 Å². The van der Waals surface area contributed by atoms with E-state index in [1.807, 2.05) is 6.08 Å². The number of rotatable bonds is 6. The van der Waals surface area contributed by atoms with Gasteiger partial charge in [-0.3, -0.25) is 0 Å². The average Bonchev–Trinajstić information content (AvgIpc) is 2.35. The lowest BCUT2D eigenvalue weighted by Gasteiger charge is -2.20. The monoisotopic (exact) mass is 217 g/mol. The van der Waals surface area contributed by atoms with Gasteiger partial charge in [0.15, 0.2) is 0 Å². The Kier molecular flexibility index (Phi) is 5.27. The van der Waals surface area contributed by atoms with E-state index in [-0.39, 0.29) is 0 Å². The molecule has 0 fully saturated rings. The van der Waals surface area contributed by atoms with Crippen LogP contribution in [0.25, 0.3) is 0 Å². The number of benzene rings is 1. The van der Waals surface area contributed by atoms with Crippen LogP contribution in [-0.4, -0.2) is 6.04 Å². The fourth-order valence-electron chi connectivity index (χ4n) is 1.82. The molecule has 0 spiro atoms. The first-order chi connectivity index (χ1) is 7.71. The second kappa shape index (κ2) is 6.49. The van der Waals surface area contributed by atoms with Crippen molar-refractivity contribution < 1.29 is 0 Å². The summed E-state index contributed by atoms with van der Waals surface area (Å²) in [7, 11) is 0. The van der Waals surface area contributed by atoms with Crippen molar-refractivity contribution in [2.45, 2.75) is 45.7 Å². The highest BCUT2D eigenvalue weighted by molar-refractivity contribution is 5.25. The van der Waals surface area contributed by atoms with Crippen LogP contribution in [0.1, 0.15) is 44.4 Å². The van der Waals surface area contributed by atoms with Crippen LogP contribution in [0.15, 0.2) is 36.9 Å². The third-order valence-electron chi connectivity index (χ3n) is 3.02. The summed E-state index contributed by atoms with van der Waals surface area (Å²) in [6.45, 7) is 10.3. The van der Waals surface area contributed by atoms with E-state index in [2.05, 4.69) is 56.9 Å². The molecular weight excluding hydrogens is 194 g/mol. The fraction of sp³-hybridized carbons (Fsp3) is 0.467. The molecule has 2 unspecified atom stereocenters. The first-order valence-electron chi connectivity index (χ1n) is 6.18. The lowest BCUT2D eigenvalue weighted by Crippen LogP contribution is -2.28. The van der Waals surface area contributed by atoms with Crippen molar-refractivity contribution in [2.75, 3.05) is 0 Å². The lowest BCUT2D eigenvalue weighted by molar-refractivity contribution is 0.490. The molecule has 16 heavy (non-hydrogen) atoms. The number of hydrogen-bond donors (Lipinski definition) is 1. The number of hydrogen-bond acceptors (Lipinski definition) is 1. The van der Waals surface area contributed by atoms with Gasteiger partial charge in [0.2, 0.25) is 0 Å². The zero-order chi connectivity index (χ0) is 12.0. The Morgan fingerprint density at radius 3 is 2.31 bits per heavy atom. The van der Waals surface area contributed by atoms with E-state index < -0.39 is 0 Å². The van der Waals surface area contributed by atoms with E-state index in [1.54, 1.807) is 0 Å². The van der Waals surface area contributed by atoms with Gasteiger partial charge in [-0.25, -0.2) is 0 Å². The fourth-order valence-corrected chi connectivity index (χ4v) is 1.82. The molecule has 0 saturated carbocycles. The summed E-state index contributed by atoms with van der Waals surface area (Å²) in [5, 5.41) is 3.55. The molecule has 1 N–H and O–H groups in total. The molecule has 0 amide bonds. The molecule has 1 nitrogen and oxygen atoms in total. The Morgan fingerprint density at radius 2 is 1.88 bits per heavy atom. The van der Waals surface area contributed by atoms with Gasteiger partial charge in [0.05, 0.1) is 0 Å². The highest BCUT2D eigenvalue weighted by Gasteiger charge is 2.10. The second-order valence-electron chi connectivity index (χ2n) is 4.25. The number of aryl methyl sites for hydroxylation is 1. The van der Waals surface area contributed by atoms with Gasteiger partial charge in [-0.1, -0.05) is 44.2 Å². The first kappa shape index (κ1) is 13.0. The smallest absolute Gasteiger partial charge is 0.0322 e. The van der Waals surface area contributed by atoms with E-state index >= 15 is 0 Å². The van der Waals surface area contributed by atoms with E-state index in [9.17, 15) is 0 Å². The maximum Gasteiger partial charge on any atom is 0.0322 e. The molecule has 1 heteroatoms. The molecule has 1 aromatic rings. The maximum absolute atomic E-state index is 3.81. The Hall–Kier alpha value is -1.08. The van der Waals surface area contributed by atoms with Gasteiger partial charge in [0.1, 0.15) is 0 Å². The summed E-state index contributed by atoms with van der Waals surface area (Å²) < 4.78 is 0. The zero-order valence-corrected chi connectivity index (χ0v) is 10.7. The first-order valence-corrected chi connectivity index (χ1v) is 6.18. The van der Waals surface area contributed by atoms with Gasteiger partial charge < -0.3 is 5.32 Å². The lowest BCUT2D eigenvalue weighted by atomic mass is 10.0. The molecule has 0 heterocycles. The Morgan fingerprint density at radius 1 is 1.25 bits per heavy atom. The maximum atomic E-state index is 3.81. The van der Waals surface area contributed by atoms with E-state index in [0.29, 0.717) is 12.1 Å². The largest absolute Gasteiger partial charge is 0.304 e. The van der Waals surface area contributed by atoms with Crippen LogP contribution in [0.3, 0.4) is 0 Å². The predicted octanol–water partition coefficient (Wildman–Crippen LogP) is 3.86. The quantitative estimate of drug-likeness (QED) is 0.713. The average molecular weight is 217 g/mol. The van der Waals surface area contributed by atoms with Gasteiger partial charge in [0, 0.05) is 12.1 Å². The standard InChI is InChI=1S/C15H23N/c1-5-12(4)16-15(7-3)14-10-8-13(6-2)9-11-14/h5,8-12,15-16H,1,6-7H2,2-4H3. The third-order valence-corrected chi connectivity index (χ3v) is 3.02.